The molecule has 1 aromatic carbocycles. The lowest BCUT2D eigenvalue weighted by Gasteiger charge is -2.11. The Balaban J connectivity index is 1.54. The Bertz CT molecular complexity index is 888. The van der Waals surface area contributed by atoms with Gasteiger partial charge in [-0.1, -0.05) is 17.3 Å². The van der Waals surface area contributed by atoms with Crippen molar-refractivity contribution >= 4 is 23.4 Å². The van der Waals surface area contributed by atoms with Gasteiger partial charge in [-0.2, -0.15) is 4.98 Å². The number of nitrogens with zero attached hydrogens (tertiary/aromatic N) is 3. The molecule has 0 spiro atoms. The second kappa shape index (κ2) is 6.23. The van der Waals surface area contributed by atoms with Gasteiger partial charge >= 0.3 is 0 Å². The lowest BCUT2D eigenvalue weighted by Crippen LogP contribution is -2.17. The molecule has 2 aromatic heterocycles. The van der Waals surface area contributed by atoms with E-state index in [1.807, 2.05) is 24.3 Å². The molecule has 4 rings (SSSR count). The largest absolute Gasteiger partial charge is 0.367 e. The highest BCUT2D eigenvalue weighted by molar-refractivity contribution is 5.97. The molecule has 1 aliphatic rings. The van der Waals surface area contributed by atoms with E-state index in [0.29, 0.717) is 23.4 Å². The number of amides is 1. The van der Waals surface area contributed by atoms with Crippen LogP contribution in [-0.2, 0) is 0 Å². The van der Waals surface area contributed by atoms with Crippen molar-refractivity contribution in [3.05, 3.63) is 48.4 Å². The summed E-state index contributed by atoms with van der Waals surface area (Å²) in [6, 6.07) is 9.77. The first kappa shape index (κ1) is 15.1. The second-order valence-corrected chi connectivity index (χ2v) is 5.83. The highest BCUT2D eigenvalue weighted by Crippen LogP contribution is 2.27. The van der Waals surface area contributed by atoms with E-state index in [-0.39, 0.29) is 0 Å². The quantitative estimate of drug-likeness (QED) is 0.633. The molecular weight excluding hydrogens is 320 g/mol. The first-order valence-corrected chi connectivity index (χ1v) is 7.90. The summed E-state index contributed by atoms with van der Waals surface area (Å²) >= 11 is 0. The number of primary amides is 1. The van der Waals surface area contributed by atoms with E-state index in [2.05, 4.69) is 25.8 Å². The summed E-state index contributed by atoms with van der Waals surface area (Å²) in [6.07, 6.45) is 5.10. The van der Waals surface area contributed by atoms with Crippen molar-refractivity contribution in [3.63, 3.8) is 0 Å². The summed E-state index contributed by atoms with van der Waals surface area (Å²) in [6.45, 7) is 0. The minimum absolute atomic E-state index is 0.291. The van der Waals surface area contributed by atoms with Crippen molar-refractivity contribution in [1.29, 1.82) is 0 Å². The molecule has 126 valence electrons. The smallest absolute Gasteiger partial charge is 0.254 e. The third-order valence-electron chi connectivity index (χ3n) is 3.85. The van der Waals surface area contributed by atoms with Crippen LogP contribution >= 0.6 is 0 Å². The van der Waals surface area contributed by atoms with Gasteiger partial charge in [0.1, 0.15) is 17.8 Å². The van der Waals surface area contributed by atoms with Gasteiger partial charge in [-0.15, -0.1) is 0 Å². The average Bonchev–Trinajstić information content (AvgIpc) is 3.25. The van der Waals surface area contributed by atoms with Crippen LogP contribution < -0.4 is 16.4 Å². The Morgan fingerprint density at radius 3 is 2.64 bits per heavy atom. The van der Waals surface area contributed by atoms with Crippen molar-refractivity contribution < 1.29 is 9.32 Å². The molecule has 1 fully saturated rings. The van der Waals surface area contributed by atoms with E-state index in [1.54, 1.807) is 6.07 Å². The van der Waals surface area contributed by atoms with Crippen LogP contribution in [0.25, 0.3) is 11.3 Å². The van der Waals surface area contributed by atoms with E-state index in [0.717, 1.165) is 29.8 Å². The standard InChI is InChI=1S/C17H16N6O2/c18-15(24)13-9-19-17(22-16(13)20-11-5-6-11)21-12-3-1-10(2-4-12)14-7-8-25-23-14/h1-4,7-9,11H,5-6H2,(H2,18,24)(H2,19,20,21,22). The lowest BCUT2D eigenvalue weighted by atomic mass is 10.1. The summed E-state index contributed by atoms with van der Waals surface area (Å²) in [5.41, 5.74) is 8.20. The first-order chi connectivity index (χ1) is 12.2. The van der Waals surface area contributed by atoms with Gasteiger partial charge in [0.05, 0.1) is 5.56 Å². The number of hydrogen-bond donors (Lipinski definition) is 3. The third-order valence-corrected chi connectivity index (χ3v) is 3.85. The van der Waals surface area contributed by atoms with Gasteiger partial charge in [-0.25, -0.2) is 4.98 Å². The Labute approximate surface area is 143 Å². The average molecular weight is 336 g/mol. The summed E-state index contributed by atoms with van der Waals surface area (Å²) in [4.78, 5) is 20.1. The van der Waals surface area contributed by atoms with Crippen molar-refractivity contribution in [2.45, 2.75) is 18.9 Å². The number of aromatic nitrogens is 3. The highest BCUT2D eigenvalue weighted by Gasteiger charge is 2.24. The zero-order valence-corrected chi connectivity index (χ0v) is 13.3. The Morgan fingerprint density at radius 1 is 1.20 bits per heavy atom. The fraction of sp³-hybridized carbons (Fsp3) is 0.176. The van der Waals surface area contributed by atoms with Crippen LogP contribution in [0.1, 0.15) is 23.2 Å². The van der Waals surface area contributed by atoms with Crippen LogP contribution in [0.4, 0.5) is 17.5 Å². The summed E-state index contributed by atoms with van der Waals surface area (Å²) in [7, 11) is 0. The van der Waals surface area contributed by atoms with Gasteiger partial charge < -0.3 is 20.9 Å². The van der Waals surface area contributed by atoms with Crippen molar-refractivity contribution in [3.8, 4) is 11.3 Å². The lowest BCUT2D eigenvalue weighted by molar-refractivity contribution is 0.100. The molecule has 2 heterocycles. The number of rotatable bonds is 6. The predicted molar refractivity (Wildman–Crippen MR) is 92.4 cm³/mol. The van der Waals surface area contributed by atoms with Gasteiger partial charge in [-0.3, -0.25) is 4.79 Å². The van der Waals surface area contributed by atoms with Crippen molar-refractivity contribution in [1.82, 2.24) is 15.1 Å². The first-order valence-electron chi connectivity index (χ1n) is 7.90. The maximum atomic E-state index is 11.5. The number of carbonyl (C=O) groups is 1. The topological polar surface area (TPSA) is 119 Å². The van der Waals surface area contributed by atoms with E-state index < -0.39 is 5.91 Å². The third kappa shape index (κ3) is 3.42. The van der Waals surface area contributed by atoms with Gasteiger partial charge in [0.15, 0.2) is 0 Å². The Morgan fingerprint density at radius 2 is 2.00 bits per heavy atom. The van der Waals surface area contributed by atoms with Crippen LogP contribution in [0.15, 0.2) is 47.3 Å². The molecule has 0 aliphatic heterocycles. The minimum atomic E-state index is -0.549. The summed E-state index contributed by atoms with van der Waals surface area (Å²) in [5.74, 6) is 0.306. The normalized spacial score (nSPS) is 13.4. The number of anilines is 3. The monoisotopic (exact) mass is 336 g/mol. The molecule has 1 saturated carbocycles. The molecule has 8 nitrogen and oxygen atoms in total. The van der Waals surface area contributed by atoms with Crippen LogP contribution in [0, 0.1) is 0 Å². The maximum absolute atomic E-state index is 11.5. The van der Waals surface area contributed by atoms with Gasteiger partial charge in [-0.05, 0) is 25.0 Å². The molecule has 0 radical (unpaired) electrons. The molecule has 0 saturated heterocycles. The fourth-order valence-corrected chi connectivity index (χ4v) is 2.37. The molecule has 0 bridgehead atoms. The predicted octanol–water partition coefficient (Wildman–Crippen LogP) is 2.55. The molecule has 25 heavy (non-hydrogen) atoms. The number of nitrogens with one attached hydrogen (secondary N) is 2. The zero-order chi connectivity index (χ0) is 17.2. The number of nitrogens with two attached hydrogens (primary N) is 1. The molecule has 1 aliphatic carbocycles. The van der Waals surface area contributed by atoms with Crippen molar-refractivity contribution in [2.24, 2.45) is 5.73 Å². The van der Waals surface area contributed by atoms with Crippen molar-refractivity contribution in [2.75, 3.05) is 10.6 Å². The number of carbonyl (C=O) groups excluding carboxylic acids is 1. The highest BCUT2D eigenvalue weighted by atomic mass is 16.5. The Kier molecular flexibility index (Phi) is 3.77. The van der Waals surface area contributed by atoms with Gasteiger partial charge in [0.2, 0.25) is 5.95 Å². The Hall–Kier alpha value is -3.42. The summed E-state index contributed by atoms with van der Waals surface area (Å²) < 4.78 is 4.84. The molecule has 1 amide bonds. The number of hydrogen-bond acceptors (Lipinski definition) is 7. The molecule has 3 aromatic rings. The van der Waals surface area contributed by atoms with Gasteiger partial charge in [0, 0.05) is 29.6 Å². The molecule has 0 atom stereocenters. The summed E-state index contributed by atoms with van der Waals surface area (Å²) in [5, 5.41) is 10.2. The second-order valence-electron chi connectivity index (χ2n) is 5.83. The zero-order valence-electron chi connectivity index (χ0n) is 13.3. The van der Waals surface area contributed by atoms with E-state index >= 15 is 0 Å². The molecule has 4 N–H and O–H groups in total. The van der Waals surface area contributed by atoms with Gasteiger partial charge in [0.25, 0.3) is 5.91 Å². The maximum Gasteiger partial charge on any atom is 0.254 e. The van der Waals surface area contributed by atoms with Crippen LogP contribution in [0.3, 0.4) is 0 Å². The van der Waals surface area contributed by atoms with E-state index in [9.17, 15) is 4.79 Å². The molecule has 8 heteroatoms. The SMILES string of the molecule is NC(=O)c1cnc(Nc2ccc(-c3ccon3)cc2)nc1NC1CC1. The van der Waals surface area contributed by atoms with Crippen LogP contribution in [0.2, 0.25) is 0 Å². The van der Waals surface area contributed by atoms with Crippen LogP contribution in [0.5, 0.6) is 0 Å². The van der Waals surface area contributed by atoms with Crippen LogP contribution in [-0.4, -0.2) is 27.1 Å². The number of benzene rings is 1. The van der Waals surface area contributed by atoms with E-state index in [4.69, 9.17) is 10.3 Å². The minimum Gasteiger partial charge on any atom is -0.367 e. The molecule has 0 unspecified atom stereocenters. The molecular formula is C17H16N6O2. The van der Waals surface area contributed by atoms with E-state index in [1.165, 1.54) is 12.5 Å². The fourth-order valence-electron chi connectivity index (χ4n) is 2.37.